The second kappa shape index (κ2) is 15.4. The minimum absolute atomic E-state index is 0. The molecule has 162 valence electrons. The summed E-state index contributed by atoms with van der Waals surface area (Å²) >= 11 is 0. The molecule has 0 saturated heterocycles. The van der Waals surface area contributed by atoms with Gasteiger partial charge in [-0.3, -0.25) is 0 Å². The molecule has 0 aromatic carbocycles. The van der Waals surface area contributed by atoms with Crippen molar-refractivity contribution in [3.63, 3.8) is 0 Å². The summed E-state index contributed by atoms with van der Waals surface area (Å²) in [6.45, 7) is 29.7. The smallest absolute Gasteiger partial charge is 0 e. The van der Waals surface area contributed by atoms with Gasteiger partial charge >= 0.3 is 0 Å². The van der Waals surface area contributed by atoms with E-state index in [2.05, 4.69) is 96.1 Å². The molecule has 0 bridgehead atoms. The molecule has 0 aromatic heterocycles. The number of hydrogen-bond acceptors (Lipinski definition) is 0. The Hall–Kier alpha value is 0.623. The van der Waals surface area contributed by atoms with E-state index in [-0.39, 0.29) is 32.6 Å². The molecule has 2 fully saturated rings. The molecule has 1 unspecified atom stereocenters. The summed E-state index contributed by atoms with van der Waals surface area (Å²) in [4.78, 5) is 0. The predicted octanol–water partition coefficient (Wildman–Crippen LogP) is 8.90. The summed E-state index contributed by atoms with van der Waals surface area (Å²) < 4.78 is 7.08. The maximum absolute atomic E-state index is 7.08. The van der Waals surface area contributed by atoms with E-state index in [4.69, 9.17) is 1.37 Å². The molecule has 2 saturated carbocycles. The van der Waals surface area contributed by atoms with Gasteiger partial charge in [-0.05, 0) is 80.8 Å². The van der Waals surface area contributed by atoms with Crippen LogP contribution in [-0.2, 0) is 26.2 Å². The largest absolute Gasteiger partial charge is 0.343 e. The third kappa shape index (κ3) is 9.75. The summed E-state index contributed by atoms with van der Waals surface area (Å²) in [6.07, 6.45) is 3.87. The standard InChI is InChI=1S/2C10H15.C8H15.Zr/c2*1-6-7(2)9(4)10(5)8(6)3;1-4-5-6-7-8(2)3;/h2*1-5H3;7H,1,4-6H2,2-3H3;/q;;-1;/i;;4D;. The maximum Gasteiger partial charge on any atom is 0 e. The van der Waals surface area contributed by atoms with E-state index in [1.807, 2.05) is 0 Å². The molecule has 1 atom stereocenters. The van der Waals surface area contributed by atoms with Gasteiger partial charge in [-0.15, -0.1) is 0 Å². The Bertz CT molecular complexity index is 348. The quantitative estimate of drug-likeness (QED) is 0.283. The van der Waals surface area contributed by atoms with Gasteiger partial charge in [-0.25, -0.2) is 0 Å². The molecule has 2 rings (SSSR count). The van der Waals surface area contributed by atoms with Gasteiger partial charge in [-0.1, -0.05) is 87.3 Å². The van der Waals surface area contributed by atoms with Gasteiger partial charge in [0.05, 0.1) is 0 Å². The molecule has 0 heterocycles. The van der Waals surface area contributed by atoms with E-state index in [0.29, 0.717) is 0 Å². The first-order chi connectivity index (χ1) is 13.2. The van der Waals surface area contributed by atoms with E-state index in [1.54, 1.807) is 0 Å². The van der Waals surface area contributed by atoms with Crippen LogP contribution in [0.3, 0.4) is 0 Å². The summed E-state index contributed by atoms with van der Waals surface area (Å²) in [7, 11) is 0. The Morgan fingerprint density at radius 1 is 0.621 bits per heavy atom. The van der Waals surface area contributed by atoms with E-state index >= 15 is 0 Å². The van der Waals surface area contributed by atoms with Crippen LogP contribution >= 0.6 is 0 Å². The average molecular weight is 474 g/mol. The molecule has 0 N–H and O–H groups in total. The first-order valence-corrected chi connectivity index (χ1v) is 10.5. The van der Waals surface area contributed by atoms with Gasteiger partial charge in [0, 0.05) is 26.2 Å². The topological polar surface area (TPSA) is 0 Å². The number of rotatable bonds is 3. The molecule has 0 spiro atoms. The Morgan fingerprint density at radius 2 is 0.828 bits per heavy atom. The zero-order chi connectivity index (χ0) is 23.0. The predicted molar refractivity (Wildman–Crippen MR) is 128 cm³/mol. The summed E-state index contributed by atoms with van der Waals surface area (Å²) in [5, 5.41) is 0. The van der Waals surface area contributed by atoms with Crippen LogP contribution in [0.5, 0.6) is 0 Å². The van der Waals surface area contributed by atoms with Crippen molar-refractivity contribution in [2.45, 2.75) is 102 Å². The second-order valence-corrected chi connectivity index (χ2v) is 8.40. The first-order valence-electron chi connectivity index (χ1n) is 11.1. The van der Waals surface area contributed by atoms with Crippen LogP contribution in [0.2, 0.25) is 0 Å². The Morgan fingerprint density at radius 3 is 0.966 bits per heavy atom. The van der Waals surface area contributed by atoms with Crippen LogP contribution in [0.1, 0.15) is 104 Å². The van der Waals surface area contributed by atoms with Crippen molar-refractivity contribution < 1.29 is 27.6 Å². The molecule has 0 nitrogen and oxygen atoms in total. The number of allylic oxidation sites excluding steroid dienone is 2. The molecule has 0 aromatic rings. The summed E-state index contributed by atoms with van der Waals surface area (Å²) in [5.74, 6) is 14.7. The normalized spacial score (nSPS) is 23.7. The van der Waals surface area contributed by atoms with Gasteiger partial charge in [0.2, 0.25) is 0 Å². The molecule has 2 aliphatic rings. The van der Waals surface area contributed by atoms with Gasteiger partial charge in [0.1, 0.15) is 0 Å². The molecule has 0 amide bonds. The van der Waals surface area contributed by atoms with Crippen molar-refractivity contribution >= 4 is 0 Å². The van der Waals surface area contributed by atoms with E-state index in [1.165, 1.54) is 64.8 Å². The molecule has 1 heteroatoms. The third-order valence-corrected chi connectivity index (χ3v) is 6.55. The minimum atomic E-state index is -0.152. The molecule has 2 aliphatic carbocycles. The summed E-state index contributed by atoms with van der Waals surface area (Å²) in [6, 6.07) is 0. The molecular weight excluding hydrogens is 428 g/mol. The second-order valence-electron chi connectivity index (χ2n) is 8.40. The Balaban J connectivity index is 0. The molecule has 29 heavy (non-hydrogen) atoms. The van der Waals surface area contributed by atoms with Crippen molar-refractivity contribution in [2.75, 3.05) is 0 Å². The minimum Gasteiger partial charge on any atom is -0.343 e. The van der Waals surface area contributed by atoms with E-state index in [0.717, 1.165) is 12.8 Å². The van der Waals surface area contributed by atoms with Crippen molar-refractivity contribution in [1.29, 1.82) is 0 Å². The van der Waals surface area contributed by atoms with Crippen molar-refractivity contribution in [1.82, 2.24) is 0 Å². The Kier molecular flexibility index (Phi) is 15.8. The van der Waals surface area contributed by atoms with Crippen LogP contribution < -0.4 is 0 Å². The van der Waals surface area contributed by atoms with Gasteiger partial charge in [0.25, 0.3) is 0 Å². The average Bonchev–Trinajstić information content (AvgIpc) is 2.92. The van der Waals surface area contributed by atoms with E-state index < -0.39 is 0 Å². The van der Waals surface area contributed by atoms with Gasteiger partial charge in [0.15, 0.2) is 0 Å². The van der Waals surface area contributed by atoms with Gasteiger partial charge in [-0.2, -0.15) is 6.40 Å². The number of hydrogen-bond donors (Lipinski definition) is 0. The van der Waals surface area contributed by atoms with Crippen molar-refractivity contribution in [3.8, 4) is 0 Å². The maximum atomic E-state index is 7.08. The van der Waals surface area contributed by atoms with Crippen LogP contribution in [0.4, 0.5) is 0 Å². The molecular formula is C28H45Zr-. The monoisotopic (exact) mass is 472 g/mol. The van der Waals surface area contributed by atoms with Gasteiger partial charge < -0.3 is 6.92 Å². The first kappa shape index (κ1) is 29.6. The van der Waals surface area contributed by atoms with Crippen molar-refractivity contribution in [3.05, 3.63) is 77.8 Å². The fourth-order valence-corrected chi connectivity index (χ4v) is 3.30. The molecule has 10 radical (unpaired) electrons. The SMILES string of the molecule is C[C]1[C](C)[C](C)[C](C)[C]1C.C[C]1[C](C)[C](C)[C](C)[C]1C.[2H]C([CH2-])CCC=C(C)C.[Zr]. The zero-order valence-corrected chi connectivity index (χ0v) is 23.7. The van der Waals surface area contributed by atoms with E-state index in [9.17, 15) is 0 Å². The Labute approximate surface area is 207 Å². The molecule has 0 aliphatic heterocycles. The fraction of sp³-hybridized carbons (Fsp3) is 0.536. The van der Waals surface area contributed by atoms with Crippen LogP contribution in [0, 0.1) is 66.1 Å². The van der Waals surface area contributed by atoms with Crippen LogP contribution in [0.25, 0.3) is 0 Å². The van der Waals surface area contributed by atoms with Crippen LogP contribution in [0.15, 0.2) is 11.6 Å². The van der Waals surface area contributed by atoms with Crippen molar-refractivity contribution in [2.24, 2.45) is 0 Å². The van der Waals surface area contributed by atoms with Crippen LogP contribution in [-0.4, -0.2) is 0 Å². The fourth-order valence-electron chi connectivity index (χ4n) is 3.30. The third-order valence-electron chi connectivity index (χ3n) is 6.55. The summed E-state index contributed by atoms with van der Waals surface area (Å²) in [5.41, 5.74) is 1.33. The zero-order valence-electron chi connectivity index (χ0n) is 22.3.